The maximum absolute atomic E-state index is 12.0. The molecule has 0 bridgehead atoms. The molecule has 116 valence electrons. The van der Waals surface area contributed by atoms with Crippen LogP contribution < -0.4 is 10.6 Å². The molecule has 0 spiro atoms. The van der Waals surface area contributed by atoms with E-state index in [0.29, 0.717) is 13.0 Å². The largest absolute Gasteiger partial charge is 0.354 e. The van der Waals surface area contributed by atoms with E-state index in [0.717, 1.165) is 45.3 Å². The smallest absolute Gasteiger partial charge is 0.237 e. The molecule has 0 aliphatic carbocycles. The van der Waals surface area contributed by atoms with Gasteiger partial charge in [0.2, 0.25) is 11.8 Å². The average molecular weight is 304 g/mol. The maximum Gasteiger partial charge on any atom is 0.237 e. The van der Waals surface area contributed by atoms with Crippen LogP contribution >= 0.6 is 12.4 Å². The third kappa shape index (κ3) is 5.29. The third-order valence-electron chi connectivity index (χ3n) is 3.97. The lowest BCUT2D eigenvalue weighted by molar-refractivity contribution is -0.131. The SMILES string of the molecule is Cl.O=C(NCCC(=O)N1CCCCCC1)C1CCCN1. The molecule has 5 nitrogen and oxygen atoms in total. The molecule has 2 fully saturated rings. The summed E-state index contributed by atoms with van der Waals surface area (Å²) in [5.41, 5.74) is 0. The fourth-order valence-corrected chi connectivity index (χ4v) is 2.80. The number of nitrogens with zero attached hydrogens (tertiary/aromatic N) is 1. The minimum atomic E-state index is -0.0479. The lowest BCUT2D eigenvalue weighted by Crippen LogP contribution is -2.42. The summed E-state index contributed by atoms with van der Waals surface area (Å²) in [7, 11) is 0. The van der Waals surface area contributed by atoms with Crippen LogP contribution in [0.2, 0.25) is 0 Å². The van der Waals surface area contributed by atoms with E-state index in [1.165, 1.54) is 12.8 Å². The Morgan fingerprint density at radius 2 is 1.80 bits per heavy atom. The highest BCUT2D eigenvalue weighted by molar-refractivity contribution is 5.85. The number of nitrogens with one attached hydrogen (secondary N) is 2. The van der Waals surface area contributed by atoms with Gasteiger partial charge in [-0.1, -0.05) is 12.8 Å². The molecule has 2 rings (SSSR count). The molecule has 6 heteroatoms. The van der Waals surface area contributed by atoms with E-state index < -0.39 is 0 Å². The Hall–Kier alpha value is -0.810. The average Bonchev–Trinajstić information content (AvgIpc) is 2.81. The van der Waals surface area contributed by atoms with E-state index >= 15 is 0 Å². The third-order valence-corrected chi connectivity index (χ3v) is 3.97. The van der Waals surface area contributed by atoms with Gasteiger partial charge in [0.15, 0.2) is 0 Å². The van der Waals surface area contributed by atoms with Gasteiger partial charge in [0, 0.05) is 26.1 Å². The molecule has 2 saturated heterocycles. The number of amides is 2. The van der Waals surface area contributed by atoms with Gasteiger partial charge >= 0.3 is 0 Å². The van der Waals surface area contributed by atoms with Crippen LogP contribution in [-0.4, -0.2) is 48.9 Å². The second-order valence-corrected chi connectivity index (χ2v) is 5.48. The zero-order valence-corrected chi connectivity index (χ0v) is 12.8. The maximum atomic E-state index is 12.0. The summed E-state index contributed by atoms with van der Waals surface area (Å²) in [4.78, 5) is 25.7. The summed E-state index contributed by atoms with van der Waals surface area (Å²) in [6.45, 7) is 3.16. The van der Waals surface area contributed by atoms with Crippen LogP contribution in [0.25, 0.3) is 0 Å². The number of halogens is 1. The zero-order valence-electron chi connectivity index (χ0n) is 12.0. The van der Waals surface area contributed by atoms with Crippen LogP contribution in [0.1, 0.15) is 44.9 Å². The number of likely N-dealkylation sites (tertiary alicyclic amines) is 1. The van der Waals surface area contributed by atoms with E-state index in [4.69, 9.17) is 0 Å². The topological polar surface area (TPSA) is 61.4 Å². The van der Waals surface area contributed by atoms with E-state index in [2.05, 4.69) is 10.6 Å². The minimum Gasteiger partial charge on any atom is -0.354 e. The van der Waals surface area contributed by atoms with Crippen molar-refractivity contribution in [1.82, 2.24) is 15.5 Å². The Bertz CT molecular complexity index is 312. The molecule has 20 heavy (non-hydrogen) atoms. The van der Waals surface area contributed by atoms with Crippen LogP contribution in [-0.2, 0) is 9.59 Å². The molecule has 2 N–H and O–H groups in total. The van der Waals surface area contributed by atoms with Crippen molar-refractivity contribution in [3.05, 3.63) is 0 Å². The van der Waals surface area contributed by atoms with Crippen LogP contribution in [0.5, 0.6) is 0 Å². The van der Waals surface area contributed by atoms with Crippen LogP contribution in [0.15, 0.2) is 0 Å². The minimum absolute atomic E-state index is 0. The summed E-state index contributed by atoms with van der Waals surface area (Å²) < 4.78 is 0. The quantitative estimate of drug-likeness (QED) is 0.817. The van der Waals surface area contributed by atoms with Crippen molar-refractivity contribution < 1.29 is 9.59 Å². The Labute approximate surface area is 127 Å². The Kier molecular flexibility index (Phi) is 7.92. The zero-order chi connectivity index (χ0) is 13.5. The Morgan fingerprint density at radius 3 is 2.40 bits per heavy atom. The van der Waals surface area contributed by atoms with Gasteiger partial charge in [-0.25, -0.2) is 0 Å². The first-order valence-electron chi connectivity index (χ1n) is 7.56. The first-order chi connectivity index (χ1) is 9.27. The normalized spacial score (nSPS) is 22.8. The van der Waals surface area contributed by atoms with E-state index in [1.54, 1.807) is 0 Å². The van der Waals surface area contributed by atoms with Crippen molar-refractivity contribution in [2.24, 2.45) is 0 Å². The molecule has 0 aromatic rings. The molecular weight excluding hydrogens is 278 g/mol. The number of hydrogen-bond donors (Lipinski definition) is 2. The van der Waals surface area contributed by atoms with Crippen molar-refractivity contribution in [3.63, 3.8) is 0 Å². The summed E-state index contributed by atoms with van der Waals surface area (Å²) >= 11 is 0. The first kappa shape index (κ1) is 17.2. The summed E-state index contributed by atoms with van der Waals surface area (Å²) in [5.74, 6) is 0.225. The standard InChI is InChI=1S/C14H25N3O2.ClH/c18-13(17-10-3-1-2-4-11-17)7-9-16-14(19)12-6-5-8-15-12;/h12,15H,1-11H2,(H,16,19);1H. The molecule has 2 aliphatic heterocycles. The second-order valence-electron chi connectivity index (χ2n) is 5.48. The summed E-state index contributed by atoms with van der Waals surface area (Å²) in [5, 5.41) is 6.02. The fraction of sp³-hybridized carbons (Fsp3) is 0.857. The van der Waals surface area contributed by atoms with E-state index in [1.807, 2.05) is 4.90 Å². The van der Waals surface area contributed by atoms with E-state index in [-0.39, 0.29) is 30.3 Å². The molecule has 2 amide bonds. The predicted molar refractivity (Wildman–Crippen MR) is 80.9 cm³/mol. The van der Waals surface area contributed by atoms with Crippen LogP contribution in [0.3, 0.4) is 0 Å². The van der Waals surface area contributed by atoms with Crippen LogP contribution in [0.4, 0.5) is 0 Å². The number of rotatable bonds is 4. The molecule has 1 unspecified atom stereocenters. The molecule has 0 aromatic carbocycles. The number of carbonyl (C=O) groups excluding carboxylic acids is 2. The van der Waals surface area contributed by atoms with Gasteiger partial charge < -0.3 is 15.5 Å². The van der Waals surface area contributed by atoms with Crippen LogP contribution in [0, 0.1) is 0 Å². The predicted octanol–water partition coefficient (Wildman–Crippen LogP) is 1.07. The number of hydrogen-bond acceptors (Lipinski definition) is 3. The van der Waals surface area contributed by atoms with Gasteiger partial charge in [0.05, 0.1) is 6.04 Å². The molecule has 0 aromatic heterocycles. The molecule has 2 aliphatic rings. The molecule has 0 radical (unpaired) electrons. The first-order valence-corrected chi connectivity index (χ1v) is 7.56. The number of carbonyl (C=O) groups is 2. The molecule has 0 saturated carbocycles. The molecule has 1 atom stereocenters. The van der Waals surface area contributed by atoms with E-state index in [9.17, 15) is 9.59 Å². The van der Waals surface area contributed by atoms with Crippen molar-refractivity contribution >= 4 is 24.2 Å². The second kappa shape index (κ2) is 9.19. The highest BCUT2D eigenvalue weighted by atomic mass is 35.5. The van der Waals surface area contributed by atoms with Crippen molar-refractivity contribution in [1.29, 1.82) is 0 Å². The highest BCUT2D eigenvalue weighted by Gasteiger charge is 2.22. The monoisotopic (exact) mass is 303 g/mol. The van der Waals surface area contributed by atoms with Crippen molar-refractivity contribution in [3.8, 4) is 0 Å². The highest BCUT2D eigenvalue weighted by Crippen LogP contribution is 2.10. The Balaban J connectivity index is 0.00000200. The fourth-order valence-electron chi connectivity index (χ4n) is 2.80. The lowest BCUT2D eigenvalue weighted by atomic mass is 10.2. The van der Waals surface area contributed by atoms with Gasteiger partial charge in [-0.2, -0.15) is 0 Å². The van der Waals surface area contributed by atoms with Crippen molar-refractivity contribution in [2.45, 2.75) is 51.0 Å². The van der Waals surface area contributed by atoms with Gasteiger partial charge in [-0.3, -0.25) is 9.59 Å². The van der Waals surface area contributed by atoms with Gasteiger partial charge in [-0.05, 0) is 32.2 Å². The van der Waals surface area contributed by atoms with Crippen molar-refractivity contribution in [2.75, 3.05) is 26.2 Å². The summed E-state index contributed by atoms with van der Waals surface area (Å²) in [6.07, 6.45) is 7.09. The molecular formula is C14H26ClN3O2. The molecule has 2 heterocycles. The summed E-state index contributed by atoms with van der Waals surface area (Å²) in [6, 6.07) is -0.0479. The lowest BCUT2D eigenvalue weighted by Gasteiger charge is -2.20. The van der Waals surface area contributed by atoms with Gasteiger partial charge in [0.1, 0.15) is 0 Å². The Morgan fingerprint density at radius 1 is 1.10 bits per heavy atom. The van der Waals surface area contributed by atoms with Gasteiger partial charge in [-0.15, -0.1) is 12.4 Å². The van der Waals surface area contributed by atoms with Gasteiger partial charge in [0.25, 0.3) is 0 Å².